The second-order valence-electron chi connectivity index (χ2n) is 7.74. The Morgan fingerprint density at radius 2 is 2.03 bits per heavy atom. The van der Waals surface area contributed by atoms with Crippen LogP contribution in [0.15, 0.2) is 36.5 Å². The largest absolute Gasteiger partial charge is 0.481 e. The summed E-state index contributed by atoms with van der Waals surface area (Å²) in [5.41, 5.74) is 2.33. The number of hydrogen-bond acceptors (Lipinski definition) is 6. The van der Waals surface area contributed by atoms with Crippen LogP contribution < -0.4 is 10.1 Å². The van der Waals surface area contributed by atoms with E-state index in [1.54, 1.807) is 25.4 Å². The average molecular weight is 395 g/mol. The molecule has 2 aromatic rings. The number of aromatic nitrogens is 1. The highest BCUT2D eigenvalue weighted by Gasteiger charge is 2.34. The van der Waals surface area contributed by atoms with Crippen LogP contribution in [0.25, 0.3) is 0 Å². The molecule has 0 atom stereocenters. The Morgan fingerprint density at radius 3 is 2.72 bits per heavy atom. The Hall–Kier alpha value is -2.77. The lowest BCUT2D eigenvalue weighted by Gasteiger charge is -2.38. The summed E-state index contributed by atoms with van der Waals surface area (Å²) >= 11 is 0. The minimum Gasteiger partial charge on any atom is -0.481 e. The summed E-state index contributed by atoms with van der Waals surface area (Å²) in [6, 6.07) is 9.07. The van der Waals surface area contributed by atoms with Gasteiger partial charge in [-0.3, -0.25) is 14.5 Å². The number of Topliss-reactive ketones (excluding diaryl/α,β-unsaturated/α-hetero) is 1. The fourth-order valence-electron chi connectivity index (χ4n) is 4.00. The zero-order valence-corrected chi connectivity index (χ0v) is 16.5. The van der Waals surface area contributed by atoms with E-state index < -0.39 is 5.60 Å². The molecule has 0 aliphatic carbocycles. The number of aliphatic hydroxyl groups is 1. The van der Waals surface area contributed by atoms with Crippen LogP contribution in [-0.2, 0) is 16.8 Å². The molecule has 29 heavy (non-hydrogen) atoms. The number of amides is 1. The van der Waals surface area contributed by atoms with Crippen LogP contribution in [-0.4, -0.2) is 53.4 Å². The maximum absolute atomic E-state index is 12.7. The lowest BCUT2D eigenvalue weighted by atomic mass is 9.85. The molecule has 0 unspecified atom stereocenters. The highest BCUT2D eigenvalue weighted by atomic mass is 16.5. The molecule has 0 radical (unpaired) electrons. The minimum absolute atomic E-state index is 0.0180. The van der Waals surface area contributed by atoms with Crippen molar-refractivity contribution in [1.82, 2.24) is 9.88 Å². The standard InChI is InChI=1S/C22H25N3O4/c1-29-21-7-4-17(13-23-21)22(28)8-10-25(11-9-22)14-19(26)16-2-5-18-15(12-16)3-6-20(27)24-18/h2,4-5,7,12-13,28H,3,6,8-11,14H2,1H3,(H,24,27). The molecule has 7 heteroatoms. The molecular weight excluding hydrogens is 370 g/mol. The maximum Gasteiger partial charge on any atom is 0.224 e. The number of piperidine rings is 1. The average Bonchev–Trinajstić information content (AvgIpc) is 2.75. The van der Waals surface area contributed by atoms with Crippen LogP contribution in [0, 0.1) is 0 Å². The number of aryl methyl sites for hydroxylation is 1. The molecule has 1 fully saturated rings. The number of nitrogens with one attached hydrogen (secondary N) is 1. The summed E-state index contributed by atoms with van der Waals surface area (Å²) in [6.45, 7) is 1.59. The topological polar surface area (TPSA) is 91.8 Å². The molecule has 7 nitrogen and oxygen atoms in total. The molecule has 3 heterocycles. The number of rotatable bonds is 5. The third-order valence-corrected chi connectivity index (χ3v) is 5.86. The molecule has 0 saturated carbocycles. The van der Waals surface area contributed by atoms with Crippen molar-refractivity contribution in [1.29, 1.82) is 0 Å². The number of ether oxygens (including phenoxy) is 1. The predicted octanol–water partition coefficient (Wildman–Crippen LogP) is 2.14. The first-order valence-electron chi connectivity index (χ1n) is 9.88. The van der Waals surface area contributed by atoms with Gasteiger partial charge < -0.3 is 15.2 Å². The van der Waals surface area contributed by atoms with Gasteiger partial charge in [-0.15, -0.1) is 0 Å². The monoisotopic (exact) mass is 395 g/mol. The summed E-state index contributed by atoms with van der Waals surface area (Å²) in [5, 5.41) is 13.8. The van der Waals surface area contributed by atoms with Crippen LogP contribution in [0.1, 0.15) is 40.7 Å². The SMILES string of the molecule is COc1ccc(C2(O)CCN(CC(=O)c3ccc4c(c3)CCC(=O)N4)CC2)cn1. The number of hydrogen-bond donors (Lipinski definition) is 2. The van der Waals surface area contributed by atoms with E-state index in [-0.39, 0.29) is 11.7 Å². The fraction of sp³-hybridized carbons (Fsp3) is 0.409. The molecule has 1 aromatic carbocycles. The van der Waals surface area contributed by atoms with E-state index in [9.17, 15) is 14.7 Å². The first kappa shape index (κ1) is 19.5. The molecule has 1 saturated heterocycles. The van der Waals surface area contributed by atoms with Crippen LogP contribution >= 0.6 is 0 Å². The first-order valence-corrected chi connectivity index (χ1v) is 9.88. The summed E-state index contributed by atoms with van der Waals surface area (Å²) in [4.78, 5) is 30.5. The Balaban J connectivity index is 1.36. The van der Waals surface area contributed by atoms with Gasteiger partial charge in [-0.05, 0) is 49.1 Å². The molecule has 2 aliphatic heterocycles. The van der Waals surface area contributed by atoms with Crippen LogP contribution in [0.2, 0.25) is 0 Å². The second-order valence-corrected chi connectivity index (χ2v) is 7.74. The van der Waals surface area contributed by atoms with Crippen molar-refractivity contribution in [3.05, 3.63) is 53.2 Å². The summed E-state index contributed by atoms with van der Waals surface area (Å²) in [7, 11) is 1.56. The molecule has 1 amide bonds. The van der Waals surface area contributed by atoms with Gasteiger partial charge in [0.25, 0.3) is 0 Å². The van der Waals surface area contributed by atoms with E-state index in [4.69, 9.17) is 4.74 Å². The van der Waals surface area contributed by atoms with Gasteiger partial charge in [0, 0.05) is 48.6 Å². The Labute approximate surface area is 169 Å². The van der Waals surface area contributed by atoms with E-state index in [0.717, 1.165) is 16.8 Å². The minimum atomic E-state index is -0.928. The van der Waals surface area contributed by atoms with Crippen molar-refractivity contribution in [2.75, 3.05) is 32.1 Å². The highest BCUT2D eigenvalue weighted by molar-refractivity contribution is 6.00. The number of nitrogens with zero attached hydrogens (tertiary/aromatic N) is 2. The maximum atomic E-state index is 12.7. The van der Waals surface area contributed by atoms with Crippen molar-refractivity contribution in [3.63, 3.8) is 0 Å². The van der Waals surface area contributed by atoms with Crippen molar-refractivity contribution in [2.45, 2.75) is 31.3 Å². The molecule has 0 spiro atoms. The zero-order valence-electron chi connectivity index (χ0n) is 16.5. The number of benzene rings is 1. The van der Waals surface area contributed by atoms with E-state index >= 15 is 0 Å². The van der Waals surface area contributed by atoms with Gasteiger partial charge in [0.05, 0.1) is 19.3 Å². The van der Waals surface area contributed by atoms with Gasteiger partial charge in [-0.1, -0.05) is 0 Å². The molecular formula is C22H25N3O4. The number of pyridine rings is 1. The fourth-order valence-corrected chi connectivity index (χ4v) is 4.00. The molecule has 152 valence electrons. The van der Waals surface area contributed by atoms with E-state index in [1.165, 1.54) is 0 Å². The number of ketones is 1. The number of anilines is 1. The lowest BCUT2D eigenvalue weighted by Crippen LogP contribution is -2.44. The number of carbonyl (C=O) groups excluding carboxylic acids is 2. The van der Waals surface area contributed by atoms with Gasteiger partial charge in [0.2, 0.25) is 11.8 Å². The van der Waals surface area contributed by atoms with E-state index in [0.29, 0.717) is 56.8 Å². The highest BCUT2D eigenvalue weighted by Crippen LogP contribution is 2.33. The van der Waals surface area contributed by atoms with Gasteiger partial charge in [0.1, 0.15) is 0 Å². The van der Waals surface area contributed by atoms with Crippen LogP contribution in [0.3, 0.4) is 0 Å². The summed E-state index contributed by atoms with van der Waals surface area (Å²) < 4.78 is 5.07. The van der Waals surface area contributed by atoms with Gasteiger partial charge >= 0.3 is 0 Å². The third kappa shape index (κ3) is 4.16. The smallest absolute Gasteiger partial charge is 0.224 e. The van der Waals surface area contributed by atoms with Crippen molar-refractivity contribution >= 4 is 17.4 Å². The Morgan fingerprint density at radius 1 is 1.24 bits per heavy atom. The normalized spacial score (nSPS) is 18.6. The number of methoxy groups -OCH3 is 1. The number of likely N-dealkylation sites (tertiary alicyclic amines) is 1. The van der Waals surface area contributed by atoms with E-state index in [2.05, 4.69) is 15.2 Å². The first-order chi connectivity index (χ1) is 14.0. The second kappa shape index (κ2) is 7.93. The lowest BCUT2D eigenvalue weighted by molar-refractivity contribution is -0.116. The predicted molar refractivity (Wildman–Crippen MR) is 108 cm³/mol. The van der Waals surface area contributed by atoms with Gasteiger partial charge in [-0.25, -0.2) is 4.98 Å². The summed E-state index contributed by atoms with van der Waals surface area (Å²) in [6.07, 6.45) is 3.87. The van der Waals surface area contributed by atoms with Gasteiger partial charge in [0.15, 0.2) is 5.78 Å². The molecule has 0 bridgehead atoms. The van der Waals surface area contributed by atoms with Crippen molar-refractivity contribution in [3.8, 4) is 5.88 Å². The van der Waals surface area contributed by atoms with Crippen LogP contribution in [0.4, 0.5) is 5.69 Å². The molecule has 4 rings (SSSR count). The Bertz CT molecular complexity index is 918. The van der Waals surface area contributed by atoms with Crippen molar-refractivity contribution < 1.29 is 19.4 Å². The molecule has 2 aliphatic rings. The number of carbonyl (C=O) groups is 2. The zero-order chi connectivity index (χ0) is 20.4. The summed E-state index contributed by atoms with van der Waals surface area (Å²) in [5.74, 6) is 0.593. The molecule has 1 aromatic heterocycles. The van der Waals surface area contributed by atoms with Crippen LogP contribution in [0.5, 0.6) is 5.88 Å². The Kier molecular flexibility index (Phi) is 5.34. The third-order valence-electron chi connectivity index (χ3n) is 5.86. The quantitative estimate of drug-likeness (QED) is 0.754. The number of fused-ring (bicyclic) bond motifs is 1. The van der Waals surface area contributed by atoms with E-state index in [1.807, 2.05) is 18.2 Å². The van der Waals surface area contributed by atoms with Gasteiger partial charge in [-0.2, -0.15) is 0 Å². The molecule has 2 N–H and O–H groups in total. The van der Waals surface area contributed by atoms with Crippen molar-refractivity contribution in [2.24, 2.45) is 0 Å².